The second-order valence-electron chi connectivity index (χ2n) is 5.23. The SMILES string of the molecule is COC(CN[S@](=O)C(C)(C)C)(OC)c1ccccc1. The van der Waals surface area contributed by atoms with Gasteiger partial charge in [0.25, 0.3) is 0 Å². The van der Waals surface area contributed by atoms with E-state index in [0.717, 1.165) is 5.56 Å². The van der Waals surface area contributed by atoms with Gasteiger partial charge in [-0.3, -0.25) is 0 Å². The summed E-state index contributed by atoms with van der Waals surface area (Å²) in [5.41, 5.74) is 0.887. The molecule has 0 bridgehead atoms. The van der Waals surface area contributed by atoms with Crippen LogP contribution in [0.3, 0.4) is 0 Å². The van der Waals surface area contributed by atoms with Crippen LogP contribution < -0.4 is 4.72 Å². The Hall–Kier alpha value is -0.750. The van der Waals surface area contributed by atoms with Gasteiger partial charge in [0.1, 0.15) is 0 Å². The topological polar surface area (TPSA) is 47.6 Å². The zero-order chi connectivity index (χ0) is 14.5. The Kier molecular flexibility index (Phi) is 5.67. The van der Waals surface area contributed by atoms with Gasteiger partial charge in [-0.2, -0.15) is 0 Å². The van der Waals surface area contributed by atoms with Crippen molar-refractivity contribution in [2.45, 2.75) is 31.3 Å². The fourth-order valence-electron chi connectivity index (χ4n) is 1.63. The van der Waals surface area contributed by atoms with Crippen molar-refractivity contribution in [3.8, 4) is 0 Å². The molecule has 0 saturated carbocycles. The number of hydrogen-bond acceptors (Lipinski definition) is 3. The molecule has 0 unspecified atom stereocenters. The van der Waals surface area contributed by atoms with Crippen molar-refractivity contribution in [2.75, 3.05) is 20.8 Å². The molecular formula is C14H23NO3S. The monoisotopic (exact) mass is 285 g/mol. The van der Waals surface area contributed by atoms with Gasteiger partial charge in [-0.15, -0.1) is 0 Å². The van der Waals surface area contributed by atoms with E-state index in [4.69, 9.17) is 9.47 Å². The molecule has 0 aliphatic carbocycles. The fourth-order valence-corrected chi connectivity index (χ4v) is 2.39. The van der Waals surface area contributed by atoms with Gasteiger partial charge < -0.3 is 9.47 Å². The van der Waals surface area contributed by atoms with Crippen LogP contribution >= 0.6 is 0 Å². The Morgan fingerprint density at radius 2 is 1.63 bits per heavy atom. The molecule has 5 heteroatoms. The molecule has 1 aromatic rings. The van der Waals surface area contributed by atoms with Crippen LogP contribution in [0.4, 0.5) is 0 Å². The Bertz CT molecular complexity index is 410. The van der Waals surface area contributed by atoms with Gasteiger partial charge in [0.05, 0.1) is 22.3 Å². The molecule has 1 atom stereocenters. The van der Waals surface area contributed by atoms with E-state index in [9.17, 15) is 4.21 Å². The van der Waals surface area contributed by atoms with E-state index >= 15 is 0 Å². The molecule has 0 fully saturated rings. The van der Waals surface area contributed by atoms with E-state index in [1.54, 1.807) is 14.2 Å². The van der Waals surface area contributed by atoms with Crippen molar-refractivity contribution < 1.29 is 13.7 Å². The summed E-state index contributed by atoms with van der Waals surface area (Å²) >= 11 is 0. The molecule has 4 nitrogen and oxygen atoms in total. The molecule has 108 valence electrons. The zero-order valence-corrected chi connectivity index (χ0v) is 13.0. The van der Waals surface area contributed by atoms with E-state index in [0.29, 0.717) is 6.54 Å². The minimum atomic E-state index is -1.17. The van der Waals surface area contributed by atoms with Crippen molar-refractivity contribution in [1.82, 2.24) is 4.72 Å². The molecule has 1 rings (SSSR count). The van der Waals surface area contributed by atoms with Crippen LogP contribution in [0.5, 0.6) is 0 Å². The normalized spacial score (nSPS) is 14.4. The van der Waals surface area contributed by atoms with Gasteiger partial charge in [-0.25, -0.2) is 8.93 Å². The van der Waals surface area contributed by atoms with Gasteiger partial charge in [0.2, 0.25) is 5.79 Å². The predicted octanol–water partition coefficient (Wildman–Crippen LogP) is 2.18. The summed E-state index contributed by atoms with van der Waals surface area (Å²) in [5.74, 6) is -0.928. The van der Waals surface area contributed by atoms with Crippen LogP contribution in [-0.2, 0) is 26.2 Å². The molecule has 0 aromatic heterocycles. The van der Waals surface area contributed by atoms with Crippen LogP contribution in [0, 0.1) is 0 Å². The highest BCUT2D eigenvalue weighted by molar-refractivity contribution is 7.84. The number of methoxy groups -OCH3 is 2. The number of rotatable bonds is 6. The maximum Gasteiger partial charge on any atom is 0.208 e. The summed E-state index contributed by atoms with van der Waals surface area (Å²) in [5, 5.41) is 0. The lowest BCUT2D eigenvalue weighted by molar-refractivity contribution is -0.209. The molecule has 0 saturated heterocycles. The van der Waals surface area contributed by atoms with Crippen LogP contribution in [0.2, 0.25) is 0 Å². The standard InChI is InChI=1S/C14H23NO3S/c1-13(2,3)19(16)15-11-14(17-4,18-5)12-9-7-6-8-10-12/h6-10,15H,11H2,1-5H3/t19-/m1/s1. The summed E-state index contributed by atoms with van der Waals surface area (Å²) in [6.07, 6.45) is 0. The Morgan fingerprint density at radius 3 is 2.05 bits per heavy atom. The lowest BCUT2D eigenvalue weighted by Crippen LogP contribution is -2.45. The molecule has 1 N–H and O–H groups in total. The van der Waals surface area contributed by atoms with Gasteiger partial charge in [0, 0.05) is 19.8 Å². The van der Waals surface area contributed by atoms with Crippen LogP contribution in [0.15, 0.2) is 30.3 Å². The van der Waals surface area contributed by atoms with Crippen molar-refractivity contribution in [1.29, 1.82) is 0 Å². The third-order valence-corrected chi connectivity index (χ3v) is 4.38. The summed E-state index contributed by atoms with van der Waals surface area (Å²) in [6, 6.07) is 9.62. The molecule has 0 heterocycles. The highest BCUT2D eigenvalue weighted by Gasteiger charge is 2.33. The minimum Gasteiger partial charge on any atom is -0.348 e. The van der Waals surface area contributed by atoms with Crippen LogP contribution in [-0.4, -0.2) is 29.7 Å². The number of nitrogens with one attached hydrogen (secondary N) is 1. The van der Waals surface area contributed by atoms with Crippen LogP contribution in [0.25, 0.3) is 0 Å². The molecule has 1 aromatic carbocycles. The first-order valence-corrected chi connectivity index (χ1v) is 7.32. The zero-order valence-electron chi connectivity index (χ0n) is 12.2. The summed E-state index contributed by atoms with van der Waals surface area (Å²) in [4.78, 5) is 0. The Balaban J connectivity index is 2.87. The van der Waals surface area contributed by atoms with Gasteiger partial charge in [-0.1, -0.05) is 30.3 Å². The van der Waals surface area contributed by atoms with E-state index in [1.165, 1.54) is 0 Å². The van der Waals surface area contributed by atoms with E-state index in [-0.39, 0.29) is 4.75 Å². The van der Waals surface area contributed by atoms with Crippen molar-refractivity contribution in [3.63, 3.8) is 0 Å². The number of ether oxygens (including phenoxy) is 2. The Labute approximate surface area is 118 Å². The second-order valence-corrected chi connectivity index (χ2v) is 7.28. The Morgan fingerprint density at radius 1 is 1.11 bits per heavy atom. The van der Waals surface area contributed by atoms with Gasteiger partial charge in [-0.05, 0) is 20.8 Å². The number of benzene rings is 1. The van der Waals surface area contributed by atoms with Crippen molar-refractivity contribution in [2.24, 2.45) is 0 Å². The average Bonchev–Trinajstić information content (AvgIpc) is 2.40. The molecule has 0 amide bonds. The van der Waals surface area contributed by atoms with E-state index in [1.807, 2.05) is 51.1 Å². The summed E-state index contributed by atoms with van der Waals surface area (Å²) in [6.45, 7) is 6.06. The van der Waals surface area contributed by atoms with Gasteiger partial charge >= 0.3 is 0 Å². The maximum atomic E-state index is 12.1. The highest BCUT2D eigenvalue weighted by atomic mass is 32.2. The smallest absolute Gasteiger partial charge is 0.208 e. The lowest BCUT2D eigenvalue weighted by atomic mass is 10.1. The van der Waals surface area contributed by atoms with E-state index < -0.39 is 16.8 Å². The van der Waals surface area contributed by atoms with Gasteiger partial charge in [0.15, 0.2) is 0 Å². The summed E-state index contributed by atoms with van der Waals surface area (Å²) < 4.78 is 25.8. The molecular weight excluding hydrogens is 262 g/mol. The summed E-state index contributed by atoms with van der Waals surface area (Å²) in [7, 11) is 1.99. The molecule has 0 aliphatic rings. The first kappa shape index (κ1) is 16.3. The average molecular weight is 285 g/mol. The lowest BCUT2D eigenvalue weighted by Gasteiger charge is -2.32. The maximum absolute atomic E-state index is 12.1. The molecule has 0 radical (unpaired) electrons. The van der Waals surface area contributed by atoms with E-state index in [2.05, 4.69) is 4.72 Å². The molecule has 19 heavy (non-hydrogen) atoms. The third kappa shape index (κ3) is 4.11. The predicted molar refractivity (Wildman–Crippen MR) is 78.0 cm³/mol. The quantitative estimate of drug-likeness (QED) is 0.815. The molecule has 0 aliphatic heterocycles. The van der Waals surface area contributed by atoms with Crippen molar-refractivity contribution in [3.05, 3.63) is 35.9 Å². The minimum absolute atomic E-state index is 0.313. The number of hydrogen-bond donors (Lipinski definition) is 1. The van der Waals surface area contributed by atoms with Crippen LogP contribution in [0.1, 0.15) is 26.3 Å². The molecule has 0 spiro atoms. The highest BCUT2D eigenvalue weighted by Crippen LogP contribution is 2.25. The third-order valence-electron chi connectivity index (χ3n) is 2.87. The largest absolute Gasteiger partial charge is 0.348 e. The first-order valence-electron chi connectivity index (χ1n) is 6.17. The fraction of sp³-hybridized carbons (Fsp3) is 0.571. The second kappa shape index (κ2) is 6.61. The first-order chi connectivity index (χ1) is 8.85. The van der Waals surface area contributed by atoms with Crippen molar-refractivity contribution >= 4 is 11.0 Å².